The molecular weight excluding hydrogens is 365 g/mol. The van der Waals surface area contributed by atoms with Crippen LogP contribution in [0, 0.1) is 11.7 Å². The topological polar surface area (TPSA) is 26.8 Å². The second-order valence-corrected chi connectivity index (χ2v) is 8.29. The van der Waals surface area contributed by atoms with Crippen LogP contribution in [0.1, 0.15) is 25.3 Å². The summed E-state index contributed by atoms with van der Waals surface area (Å²) in [6, 6.07) is 17.7. The number of hydrogen-bond acceptors (Lipinski definition) is 3. The zero-order chi connectivity index (χ0) is 20.2. The van der Waals surface area contributed by atoms with Gasteiger partial charge in [0.1, 0.15) is 5.82 Å². The maximum atomic E-state index is 14.1. The first-order valence-corrected chi connectivity index (χ1v) is 10.7. The molecule has 1 aliphatic carbocycles. The Hall–Kier alpha value is -2.40. The van der Waals surface area contributed by atoms with Crippen molar-refractivity contribution >= 4 is 11.6 Å². The lowest BCUT2D eigenvalue weighted by molar-refractivity contribution is -0.133. The van der Waals surface area contributed by atoms with E-state index in [2.05, 4.69) is 36.1 Å². The van der Waals surface area contributed by atoms with Crippen LogP contribution < -0.4 is 4.90 Å². The molecule has 1 aliphatic heterocycles. The summed E-state index contributed by atoms with van der Waals surface area (Å²) in [6.07, 6.45) is 2.53. The van der Waals surface area contributed by atoms with E-state index in [1.165, 1.54) is 24.5 Å². The fourth-order valence-corrected chi connectivity index (χ4v) is 4.22. The van der Waals surface area contributed by atoms with Gasteiger partial charge in [0.2, 0.25) is 5.91 Å². The van der Waals surface area contributed by atoms with Gasteiger partial charge in [-0.15, -0.1) is 0 Å². The Kier molecular flexibility index (Phi) is 6.14. The Morgan fingerprint density at radius 3 is 2.34 bits per heavy atom. The quantitative estimate of drug-likeness (QED) is 0.714. The van der Waals surface area contributed by atoms with Crippen molar-refractivity contribution in [2.75, 3.05) is 37.6 Å². The fraction of sp³-hybridized carbons (Fsp3) is 0.458. The smallest absolute Gasteiger partial charge is 0.236 e. The van der Waals surface area contributed by atoms with Gasteiger partial charge in [0.25, 0.3) is 0 Å². The van der Waals surface area contributed by atoms with Crippen molar-refractivity contribution in [3.63, 3.8) is 0 Å². The van der Waals surface area contributed by atoms with Crippen molar-refractivity contribution in [2.24, 2.45) is 5.92 Å². The fourth-order valence-electron chi connectivity index (χ4n) is 4.22. The molecule has 1 amide bonds. The Labute approximate surface area is 172 Å². The molecular formula is C24H30FN3O. The molecule has 2 fully saturated rings. The third-order valence-corrected chi connectivity index (χ3v) is 6.27. The number of nitrogens with zero attached hydrogens (tertiary/aromatic N) is 3. The molecule has 154 valence electrons. The first kappa shape index (κ1) is 19.9. The molecule has 0 N–H and O–H groups in total. The number of hydrogen-bond donors (Lipinski definition) is 0. The zero-order valence-corrected chi connectivity index (χ0v) is 17.1. The van der Waals surface area contributed by atoms with Crippen LogP contribution in [-0.2, 0) is 11.3 Å². The van der Waals surface area contributed by atoms with Crippen LogP contribution in [0.2, 0.25) is 0 Å². The lowest BCUT2D eigenvalue weighted by Gasteiger charge is -2.38. The molecule has 29 heavy (non-hydrogen) atoms. The molecule has 2 aliphatic rings. The summed E-state index contributed by atoms with van der Waals surface area (Å²) < 4.78 is 14.1. The number of para-hydroxylation sites is 1. The van der Waals surface area contributed by atoms with E-state index in [9.17, 15) is 9.18 Å². The number of amides is 1. The zero-order valence-electron chi connectivity index (χ0n) is 17.1. The molecule has 1 heterocycles. The van der Waals surface area contributed by atoms with E-state index in [-0.39, 0.29) is 11.7 Å². The van der Waals surface area contributed by atoms with Crippen LogP contribution in [0.3, 0.4) is 0 Å². The van der Waals surface area contributed by atoms with Crippen molar-refractivity contribution in [2.45, 2.75) is 32.4 Å². The molecule has 1 unspecified atom stereocenters. The number of anilines is 1. The molecule has 1 saturated heterocycles. The predicted octanol–water partition coefficient (Wildman–Crippen LogP) is 3.78. The first-order chi connectivity index (χ1) is 14.1. The highest BCUT2D eigenvalue weighted by Crippen LogP contribution is 2.35. The highest BCUT2D eigenvalue weighted by Gasteiger charge is 2.34. The van der Waals surface area contributed by atoms with Crippen LogP contribution in [0.25, 0.3) is 0 Å². The van der Waals surface area contributed by atoms with Gasteiger partial charge >= 0.3 is 0 Å². The standard InChI is InChI=1S/C24H30FN3O/c1-19(21-11-12-21)28(17-20-7-3-2-4-8-20)18-24(29)27-15-13-26(14-16-27)23-10-6-5-9-22(23)25/h2-10,19,21H,11-18H2,1H3. The van der Waals surface area contributed by atoms with Gasteiger partial charge in [-0.1, -0.05) is 42.5 Å². The van der Waals surface area contributed by atoms with Crippen molar-refractivity contribution < 1.29 is 9.18 Å². The van der Waals surface area contributed by atoms with Crippen LogP contribution in [-0.4, -0.2) is 54.5 Å². The van der Waals surface area contributed by atoms with E-state index < -0.39 is 0 Å². The minimum absolute atomic E-state index is 0.182. The summed E-state index contributed by atoms with van der Waals surface area (Å²) in [6.45, 7) is 6.14. The maximum absolute atomic E-state index is 14.1. The lowest BCUT2D eigenvalue weighted by atomic mass is 10.1. The molecule has 0 bridgehead atoms. The van der Waals surface area contributed by atoms with E-state index >= 15 is 0 Å². The Morgan fingerprint density at radius 2 is 1.69 bits per heavy atom. The Bertz CT molecular complexity index is 816. The molecule has 2 aromatic rings. The van der Waals surface area contributed by atoms with E-state index in [0.29, 0.717) is 50.4 Å². The van der Waals surface area contributed by atoms with Gasteiger partial charge in [-0.05, 0) is 43.4 Å². The summed E-state index contributed by atoms with van der Waals surface area (Å²) in [5, 5.41) is 0. The first-order valence-electron chi connectivity index (χ1n) is 10.7. The van der Waals surface area contributed by atoms with Crippen molar-refractivity contribution in [3.05, 3.63) is 66.0 Å². The molecule has 1 saturated carbocycles. The average Bonchev–Trinajstić information content (AvgIpc) is 3.59. The van der Waals surface area contributed by atoms with Gasteiger partial charge in [-0.2, -0.15) is 0 Å². The number of piperazine rings is 1. The summed E-state index contributed by atoms with van der Waals surface area (Å²) in [5.41, 5.74) is 1.88. The van der Waals surface area contributed by atoms with E-state index in [0.717, 1.165) is 6.54 Å². The molecule has 0 radical (unpaired) electrons. The van der Waals surface area contributed by atoms with Crippen LogP contribution in [0.5, 0.6) is 0 Å². The second kappa shape index (κ2) is 8.95. The lowest BCUT2D eigenvalue weighted by Crippen LogP contribution is -2.52. The van der Waals surface area contributed by atoms with Gasteiger partial charge in [-0.25, -0.2) is 4.39 Å². The molecule has 4 rings (SSSR count). The number of carbonyl (C=O) groups is 1. The number of halogens is 1. The van der Waals surface area contributed by atoms with E-state index in [1.807, 2.05) is 28.0 Å². The van der Waals surface area contributed by atoms with Crippen molar-refractivity contribution in [1.82, 2.24) is 9.80 Å². The van der Waals surface area contributed by atoms with E-state index in [1.54, 1.807) is 6.07 Å². The highest BCUT2D eigenvalue weighted by molar-refractivity contribution is 5.78. The molecule has 0 aromatic heterocycles. The summed E-state index contributed by atoms with van der Waals surface area (Å²) >= 11 is 0. The SMILES string of the molecule is CC(C1CC1)N(CC(=O)N1CCN(c2ccccc2F)CC1)Cc1ccccc1. The normalized spacial score (nSPS) is 18.2. The second-order valence-electron chi connectivity index (χ2n) is 8.29. The van der Waals surface area contributed by atoms with Gasteiger partial charge in [-0.3, -0.25) is 9.69 Å². The number of rotatable bonds is 7. The maximum Gasteiger partial charge on any atom is 0.236 e. The molecule has 5 heteroatoms. The third kappa shape index (κ3) is 4.96. The monoisotopic (exact) mass is 395 g/mol. The van der Waals surface area contributed by atoms with Gasteiger partial charge in [0, 0.05) is 38.8 Å². The highest BCUT2D eigenvalue weighted by atomic mass is 19.1. The Balaban J connectivity index is 1.36. The van der Waals surface area contributed by atoms with Crippen molar-refractivity contribution in [1.29, 1.82) is 0 Å². The largest absolute Gasteiger partial charge is 0.366 e. The van der Waals surface area contributed by atoms with Crippen LogP contribution >= 0.6 is 0 Å². The molecule has 0 spiro atoms. The minimum atomic E-state index is -0.195. The molecule has 2 aromatic carbocycles. The Morgan fingerprint density at radius 1 is 1.03 bits per heavy atom. The predicted molar refractivity (Wildman–Crippen MR) is 114 cm³/mol. The minimum Gasteiger partial charge on any atom is -0.366 e. The number of benzene rings is 2. The van der Waals surface area contributed by atoms with Gasteiger partial charge in [0.15, 0.2) is 0 Å². The van der Waals surface area contributed by atoms with Crippen LogP contribution in [0.4, 0.5) is 10.1 Å². The van der Waals surface area contributed by atoms with Crippen molar-refractivity contribution in [3.8, 4) is 0 Å². The van der Waals surface area contributed by atoms with E-state index in [4.69, 9.17) is 0 Å². The van der Waals surface area contributed by atoms with Crippen LogP contribution in [0.15, 0.2) is 54.6 Å². The van der Waals surface area contributed by atoms with Gasteiger partial charge in [0.05, 0.1) is 12.2 Å². The molecule has 1 atom stereocenters. The van der Waals surface area contributed by atoms with Gasteiger partial charge < -0.3 is 9.80 Å². The molecule has 4 nitrogen and oxygen atoms in total. The summed E-state index contributed by atoms with van der Waals surface area (Å²) in [4.78, 5) is 19.4. The third-order valence-electron chi connectivity index (χ3n) is 6.27. The number of carbonyl (C=O) groups excluding carboxylic acids is 1. The summed E-state index contributed by atoms with van der Waals surface area (Å²) in [5.74, 6) is 0.700. The summed E-state index contributed by atoms with van der Waals surface area (Å²) in [7, 11) is 0. The average molecular weight is 396 g/mol.